The van der Waals surface area contributed by atoms with Crippen molar-refractivity contribution in [1.82, 2.24) is 0 Å². The zero-order valence-corrected chi connectivity index (χ0v) is 102. The molecule has 149 heavy (non-hydrogen) atoms. The quantitative estimate of drug-likeness (QED) is 0.0321. The summed E-state index contributed by atoms with van der Waals surface area (Å²) in [6.45, 7) is 11.8. The number of hydrogen-bond acceptors (Lipinski definition) is 13. The molecular weight excluding hydrogens is 1840 g/mol. The first-order valence-electron chi connectivity index (χ1n) is 68.0. The van der Waals surface area contributed by atoms with Crippen molar-refractivity contribution in [3.63, 3.8) is 0 Å². The molecule has 0 aliphatic carbocycles. The van der Waals surface area contributed by atoms with E-state index in [9.17, 15) is 28.8 Å². The molecule has 0 unspecified atom stereocenters. The molecule has 0 rings (SSSR count). The fourth-order valence-electron chi connectivity index (χ4n) is 21.8. The lowest BCUT2D eigenvalue weighted by Gasteiger charge is -2.35. The predicted octanol–water partition coefficient (Wildman–Crippen LogP) is 44.8. The molecule has 0 saturated carbocycles. The van der Waals surface area contributed by atoms with Gasteiger partial charge in [-0.15, -0.1) is 0 Å². The molecule has 884 valence electrons. The van der Waals surface area contributed by atoms with Gasteiger partial charge in [0.05, 0.1) is 24.0 Å². The molecule has 0 aromatic heterocycles. The molecule has 0 aromatic carbocycles. The SMILES string of the molecule is CCCCCCCCCCCCCCCCCCCCC(=O)OCC(COCC(COC(=O)CCCCCCCCCCCCCCCCCCCC)(COC(=O)CCCCCCCCCCCCCCCCCCCC)COC(=O)CCCCCCCCCCCCCCCCCCCC)(COC(=O)CCCCCCCCCCCCCCCCCCCC)COC(=O)CCCCCCCCCCCCCCCCCCCC. The van der Waals surface area contributed by atoms with E-state index in [0.717, 1.165) is 116 Å². The molecule has 0 aliphatic rings. The predicted molar refractivity (Wildman–Crippen MR) is 642 cm³/mol. The van der Waals surface area contributed by atoms with Crippen molar-refractivity contribution in [2.24, 2.45) is 10.8 Å². The molecule has 0 atom stereocenters. The second kappa shape index (κ2) is 123. The maximum atomic E-state index is 14.3. The van der Waals surface area contributed by atoms with Crippen LogP contribution < -0.4 is 0 Å². The molecule has 0 radical (unpaired) electrons. The first-order chi connectivity index (χ1) is 73.4. The van der Waals surface area contributed by atoms with Crippen LogP contribution in [-0.2, 0) is 61.9 Å². The van der Waals surface area contributed by atoms with E-state index in [-0.39, 0.29) is 127 Å². The van der Waals surface area contributed by atoms with Crippen molar-refractivity contribution in [3.8, 4) is 0 Å². The van der Waals surface area contributed by atoms with Gasteiger partial charge in [-0.2, -0.15) is 0 Å². The normalized spacial score (nSPS) is 11.8. The summed E-state index contributed by atoms with van der Waals surface area (Å²) in [5, 5.41) is 0. The first kappa shape index (κ1) is 146. The van der Waals surface area contributed by atoms with Gasteiger partial charge in [0, 0.05) is 38.5 Å². The van der Waals surface area contributed by atoms with Gasteiger partial charge < -0.3 is 33.2 Å². The van der Waals surface area contributed by atoms with E-state index in [2.05, 4.69) is 41.5 Å². The summed E-state index contributed by atoms with van der Waals surface area (Å²) in [7, 11) is 0. The second-order valence-electron chi connectivity index (χ2n) is 48.0. The van der Waals surface area contributed by atoms with Crippen molar-refractivity contribution >= 4 is 35.8 Å². The molecule has 0 spiro atoms. The fourth-order valence-corrected chi connectivity index (χ4v) is 21.8. The van der Waals surface area contributed by atoms with E-state index >= 15 is 0 Å². The Kier molecular flexibility index (Phi) is 121. The van der Waals surface area contributed by atoms with Gasteiger partial charge in [-0.1, -0.05) is 696 Å². The largest absolute Gasteiger partial charge is 0.465 e. The Morgan fingerprint density at radius 3 is 0.262 bits per heavy atom. The molecule has 13 heteroatoms. The molecular formula is C136H262O13. The summed E-state index contributed by atoms with van der Waals surface area (Å²) >= 11 is 0. The zero-order chi connectivity index (χ0) is 108. The van der Waals surface area contributed by atoms with Gasteiger partial charge in [0.2, 0.25) is 0 Å². The van der Waals surface area contributed by atoms with Crippen molar-refractivity contribution in [3.05, 3.63) is 0 Å². The number of unbranched alkanes of at least 4 members (excludes halogenated alkanes) is 102. The first-order valence-corrected chi connectivity index (χ1v) is 68.0. The maximum absolute atomic E-state index is 14.3. The van der Waals surface area contributed by atoms with E-state index in [0.29, 0.717) is 38.5 Å². The minimum Gasteiger partial charge on any atom is -0.465 e. The lowest BCUT2D eigenvalue weighted by atomic mass is 9.90. The van der Waals surface area contributed by atoms with Crippen molar-refractivity contribution in [2.75, 3.05) is 52.9 Å². The topological polar surface area (TPSA) is 167 Å². The average Bonchev–Trinajstić information content (AvgIpc) is 0.838. The monoisotopic (exact) mass is 2100 g/mol. The number of hydrogen-bond donors (Lipinski definition) is 0. The number of carbonyl (C=O) groups is 6. The average molecular weight is 2110 g/mol. The summed E-state index contributed by atoms with van der Waals surface area (Å²) in [4.78, 5) is 85.8. The van der Waals surface area contributed by atoms with Gasteiger partial charge in [-0.05, 0) is 38.5 Å². The van der Waals surface area contributed by atoms with Gasteiger partial charge in [0.15, 0.2) is 0 Å². The summed E-state index contributed by atoms with van der Waals surface area (Å²) in [5.74, 6) is -2.25. The van der Waals surface area contributed by atoms with Crippen molar-refractivity contribution in [2.45, 2.75) is 774 Å². The van der Waals surface area contributed by atoms with Crippen LogP contribution in [0.1, 0.15) is 774 Å². The number of esters is 6. The number of rotatable bonds is 130. The summed E-state index contributed by atoms with van der Waals surface area (Å²) < 4.78 is 45.1. The zero-order valence-electron chi connectivity index (χ0n) is 102. The Bertz CT molecular complexity index is 2230. The number of carbonyl (C=O) groups excluding carboxylic acids is 6. The Labute approximate surface area is 929 Å². The van der Waals surface area contributed by atoms with E-state index < -0.39 is 10.8 Å². The van der Waals surface area contributed by atoms with E-state index in [1.165, 1.54) is 539 Å². The minimum absolute atomic E-state index is 0.214. The fraction of sp³-hybridized carbons (Fsp3) is 0.956. The van der Waals surface area contributed by atoms with Crippen LogP contribution in [0.3, 0.4) is 0 Å². The smallest absolute Gasteiger partial charge is 0.305 e. The van der Waals surface area contributed by atoms with Gasteiger partial charge in [-0.25, -0.2) is 0 Å². The van der Waals surface area contributed by atoms with E-state index in [1.807, 2.05) is 0 Å². The molecule has 13 nitrogen and oxygen atoms in total. The third-order valence-corrected chi connectivity index (χ3v) is 32.5. The van der Waals surface area contributed by atoms with Gasteiger partial charge in [-0.3, -0.25) is 28.8 Å². The lowest BCUT2D eigenvalue weighted by molar-refractivity contribution is -0.175. The standard InChI is InChI=1S/C136H262O13/c1-7-13-19-25-31-37-43-49-55-61-67-73-79-85-91-97-103-109-115-129(137)144-123-135(124-145-130(138)116-110-104-98-92-86-80-74-68-62-56-50-44-38-32-26-20-14-8-2,125-146-131(139)117-111-105-99-93-87-81-75-69-63-57-51-45-39-33-27-21-15-9-3)121-143-122-136(126-147-132(140)118-112-106-100-94-88-82-76-70-64-58-52-46-40-34-28-22-16-10-4,127-148-133(141)119-113-107-101-95-89-83-77-71-65-59-53-47-41-35-29-23-17-11-5)128-149-134(142)120-114-108-102-96-90-84-78-72-66-60-54-48-42-36-30-24-18-12-6/h7-128H2,1-6H3. The van der Waals surface area contributed by atoms with Gasteiger partial charge in [0.1, 0.15) is 39.6 Å². The van der Waals surface area contributed by atoms with Gasteiger partial charge in [0.25, 0.3) is 0 Å². The van der Waals surface area contributed by atoms with Crippen molar-refractivity contribution in [1.29, 1.82) is 0 Å². The summed E-state index contributed by atoms with van der Waals surface area (Å²) in [5.41, 5.74) is -2.75. The molecule has 0 aromatic rings. The highest BCUT2D eigenvalue weighted by atomic mass is 16.6. The number of ether oxygens (including phenoxy) is 7. The van der Waals surface area contributed by atoms with E-state index in [1.54, 1.807) is 0 Å². The highest BCUT2D eigenvalue weighted by molar-refractivity contribution is 5.71. The van der Waals surface area contributed by atoms with Crippen LogP contribution in [0.2, 0.25) is 0 Å². The minimum atomic E-state index is -1.38. The lowest BCUT2D eigenvalue weighted by Crippen LogP contribution is -2.47. The molecule has 0 aliphatic heterocycles. The molecule has 0 N–H and O–H groups in total. The Morgan fingerprint density at radius 1 is 0.107 bits per heavy atom. The third kappa shape index (κ3) is 114. The maximum Gasteiger partial charge on any atom is 0.305 e. The van der Waals surface area contributed by atoms with Crippen LogP contribution in [0.15, 0.2) is 0 Å². The van der Waals surface area contributed by atoms with Gasteiger partial charge >= 0.3 is 35.8 Å². The highest BCUT2D eigenvalue weighted by Crippen LogP contribution is 2.31. The second-order valence-corrected chi connectivity index (χ2v) is 48.0. The van der Waals surface area contributed by atoms with Crippen LogP contribution in [0.25, 0.3) is 0 Å². The molecule has 0 fully saturated rings. The Morgan fingerprint density at radius 2 is 0.181 bits per heavy atom. The molecule has 0 heterocycles. The van der Waals surface area contributed by atoms with Crippen LogP contribution in [0, 0.1) is 10.8 Å². The van der Waals surface area contributed by atoms with E-state index in [4.69, 9.17) is 33.2 Å². The molecule has 0 amide bonds. The van der Waals surface area contributed by atoms with Crippen LogP contribution in [0.5, 0.6) is 0 Å². The van der Waals surface area contributed by atoms with Crippen LogP contribution in [0.4, 0.5) is 0 Å². The Balaban J connectivity index is 7.26. The van der Waals surface area contributed by atoms with Crippen LogP contribution >= 0.6 is 0 Å². The van der Waals surface area contributed by atoms with Crippen LogP contribution in [-0.4, -0.2) is 88.7 Å². The molecule has 0 bridgehead atoms. The molecule has 0 saturated heterocycles. The summed E-state index contributed by atoms with van der Waals surface area (Å²) in [6.07, 6.45) is 136. The Hall–Kier alpha value is -3.22. The summed E-state index contributed by atoms with van der Waals surface area (Å²) in [6, 6.07) is 0. The van der Waals surface area contributed by atoms with Crippen molar-refractivity contribution < 1.29 is 61.9 Å². The highest BCUT2D eigenvalue weighted by Gasteiger charge is 2.41. The third-order valence-electron chi connectivity index (χ3n) is 32.5.